The molecule has 1 heterocycles. The molecule has 166 valence electrons. The summed E-state index contributed by atoms with van der Waals surface area (Å²) in [6, 6.07) is 16.8. The number of hydrogen-bond acceptors (Lipinski definition) is 5. The maximum atomic E-state index is 12.8. The van der Waals surface area contributed by atoms with Gasteiger partial charge in [0.25, 0.3) is 11.8 Å². The van der Waals surface area contributed by atoms with E-state index in [2.05, 4.69) is 5.32 Å². The molecule has 33 heavy (non-hydrogen) atoms. The average Bonchev–Trinajstić information content (AvgIpc) is 2.99. The number of anilines is 2. The monoisotopic (exact) mass is 520 g/mol. The number of ether oxygens (including phenoxy) is 1. The van der Waals surface area contributed by atoms with Gasteiger partial charge in [-0.1, -0.05) is 52.5 Å². The number of esters is 1. The van der Waals surface area contributed by atoms with Gasteiger partial charge < -0.3 is 10.1 Å². The third-order valence-electron chi connectivity index (χ3n) is 4.58. The Hall–Kier alpha value is -3.03. The number of halogens is 4. The summed E-state index contributed by atoms with van der Waals surface area (Å²) in [5, 5.41) is 3.55. The number of carbonyl (C=O) groups is 3. The van der Waals surface area contributed by atoms with Crippen LogP contribution in [0.3, 0.4) is 0 Å². The molecule has 0 bridgehead atoms. The molecule has 0 aromatic heterocycles. The van der Waals surface area contributed by atoms with Gasteiger partial charge in [0.05, 0.1) is 16.3 Å². The van der Waals surface area contributed by atoms with Crippen molar-refractivity contribution < 1.29 is 19.1 Å². The van der Waals surface area contributed by atoms with E-state index in [1.165, 1.54) is 42.5 Å². The number of imide groups is 1. The van der Waals surface area contributed by atoms with Gasteiger partial charge in [0, 0.05) is 15.7 Å². The average molecular weight is 522 g/mol. The van der Waals surface area contributed by atoms with E-state index in [-0.39, 0.29) is 27.1 Å². The summed E-state index contributed by atoms with van der Waals surface area (Å²) in [6.07, 6.45) is 0. The van der Waals surface area contributed by atoms with Gasteiger partial charge in [-0.3, -0.25) is 9.59 Å². The van der Waals surface area contributed by atoms with Gasteiger partial charge in [-0.25, -0.2) is 9.69 Å². The molecule has 0 fully saturated rings. The topological polar surface area (TPSA) is 75.7 Å². The van der Waals surface area contributed by atoms with Crippen LogP contribution in [0.4, 0.5) is 11.4 Å². The zero-order valence-electron chi connectivity index (χ0n) is 16.4. The van der Waals surface area contributed by atoms with Gasteiger partial charge >= 0.3 is 5.97 Å². The minimum Gasteiger partial charge on any atom is -0.421 e. The molecule has 0 atom stereocenters. The molecule has 3 aromatic carbocycles. The van der Waals surface area contributed by atoms with Crippen LogP contribution in [-0.2, 0) is 9.59 Å². The van der Waals surface area contributed by atoms with Crippen LogP contribution >= 0.6 is 46.4 Å². The second kappa shape index (κ2) is 9.45. The van der Waals surface area contributed by atoms with E-state index in [4.69, 9.17) is 51.1 Å². The summed E-state index contributed by atoms with van der Waals surface area (Å²) >= 11 is 24.0. The number of nitrogens with zero attached hydrogens (tertiary/aromatic N) is 1. The fourth-order valence-electron chi connectivity index (χ4n) is 3.01. The Kier molecular flexibility index (Phi) is 6.63. The normalized spacial score (nSPS) is 13.5. The molecule has 0 saturated heterocycles. The van der Waals surface area contributed by atoms with Crippen molar-refractivity contribution in [2.45, 2.75) is 0 Å². The van der Waals surface area contributed by atoms with E-state index >= 15 is 0 Å². The Balaban J connectivity index is 1.49. The fraction of sp³-hybridized carbons (Fsp3) is 0. The van der Waals surface area contributed by atoms with Gasteiger partial charge in [-0.15, -0.1) is 0 Å². The zero-order valence-corrected chi connectivity index (χ0v) is 19.5. The molecule has 0 spiro atoms. The molecule has 3 aromatic rings. The predicted molar refractivity (Wildman–Crippen MR) is 128 cm³/mol. The van der Waals surface area contributed by atoms with Crippen molar-refractivity contribution in [1.29, 1.82) is 0 Å². The highest BCUT2D eigenvalue weighted by Gasteiger charge is 2.39. The van der Waals surface area contributed by atoms with Crippen molar-refractivity contribution in [2.24, 2.45) is 0 Å². The third-order valence-corrected chi connectivity index (χ3v) is 5.70. The van der Waals surface area contributed by atoms with Crippen LogP contribution in [0.2, 0.25) is 15.1 Å². The largest absolute Gasteiger partial charge is 0.421 e. The minimum absolute atomic E-state index is 0.0927. The van der Waals surface area contributed by atoms with Crippen LogP contribution in [-0.4, -0.2) is 17.8 Å². The lowest BCUT2D eigenvalue weighted by Crippen LogP contribution is -2.32. The molecule has 10 heteroatoms. The molecule has 6 nitrogen and oxygen atoms in total. The molecule has 2 amide bonds. The van der Waals surface area contributed by atoms with Gasteiger partial charge in [0.1, 0.15) is 16.5 Å². The van der Waals surface area contributed by atoms with Crippen LogP contribution in [0.15, 0.2) is 77.5 Å². The van der Waals surface area contributed by atoms with Crippen LogP contribution in [0.5, 0.6) is 5.75 Å². The van der Waals surface area contributed by atoms with E-state index in [1.54, 1.807) is 24.3 Å². The van der Waals surface area contributed by atoms with Gasteiger partial charge in [-0.05, 0) is 60.7 Å². The molecule has 0 aliphatic carbocycles. The first-order chi connectivity index (χ1) is 15.7. The lowest BCUT2D eigenvalue weighted by atomic mass is 10.2. The Morgan fingerprint density at radius 3 is 2.18 bits per heavy atom. The fourth-order valence-corrected chi connectivity index (χ4v) is 3.86. The summed E-state index contributed by atoms with van der Waals surface area (Å²) in [5.41, 5.74) is 0.871. The van der Waals surface area contributed by atoms with Crippen LogP contribution in [0.25, 0.3) is 0 Å². The standard InChI is InChI=1S/C23H12Cl4N2O4/c24-13-2-1-3-16(10-13)29-21(30)19(27)20(22(29)31)28-15-7-4-12(5-8-15)23(32)33-18-9-6-14(25)11-17(18)26/h1-11,28H. The molecule has 0 saturated carbocycles. The first kappa shape index (κ1) is 23.1. The molecule has 1 aliphatic rings. The maximum absolute atomic E-state index is 12.8. The Morgan fingerprint density at radius 1 is 0.818 bits per heavy atom. The summed E-state index contributed by atoms with van der Waals surface area (Å²) in [4.78, 5) is 38.7. The molecule has 0 radical (unpaired) electrons. The van der Waals surface area contributed by atoms with Gasteiger partial charge in [0.2, 0.25) is 0 Å². The quantitative estimate of drug-likeness (QED) is 0.242. The predicted octanol–water partition coefficient (Wildman–Crippen LogP) is 6.30. The van der Waals surface area contributed by atoms with E-state index in [0.29, 0.717) is 21.4 Å². The SMILES string of the molecule is O=C(Oc1ccc(Cl)cc1Cl)c1ccc(NC2=C(Cl)C(=O)N(c3cccc(Cl)c3)C2=O)cc1. The highest BCUT2D eigenvalue weighted by Crippen LogP contribution is 2.32. The van der Waals surface area contributed by atoms with Crippen molar-refractivity contribution in [3.05, 3.63) is 98.1 Å². The van der Waals surface area contributed by atoms with Crippen molar-refractivity contribution >= 4 is 75.6 Å². The zero-order chi connectivity index (χ0) is 23.7. The van der Waals surface area contributed by atoms with E-state index in [9.17, 15) is 14.4 Å². The molecule has 1 N–H and O–H groups in total. The van der Waals surface area contributed by atoms with Crippen LogP contribution in [0.1, 0.15) is 10.4 Å². The number of rotatable bonds is 5. The van der Waals surface area contributed by atoms with Crippen LogP contribution in [0, 0.1) is 0 Å². The van der Waals surface area contributed by atoms with Crippen molar-refractivity contribution in [2.75, 3.05) is 10.2 Å². The van der Waals surface area contributed by atoms with Crippen LogP contribution < -0.4 is 15.0 Å². The number of benzene rings is 3. The molecule has 4 rings (SSSR count). The van der Waals surface area contributed by atoms with E-state index in [0.717, 1.165) is 4.90 Å². The summed E-state index contributed by atoms with van der Waals surface area (Å²) < 4.78 is 5.28. The van der Waals surface area contributed by atoms with E-state index in [1.807, 2.05) is 0 Å². The van der Waals surface area contributed by atoms with Crippen molar-refractivity contribution in [1.82, 2.24) is 0 Å². The summed E-state index contributed by atoms with van der Waals surface area (Å²) in [7, 11) is 0. The number of amides is 2. The second-order valence-electron chi connectivity index (χ2n) is 6.78. The molecule has 1 aliphatic heterocycles. The highest BCUT2D eigenvalue weighted by molar-refractivity contribution is 6.53. The smallest absolute Gasteiger partial charge is 0.343 e. The Labute approximate surface area is 208 Å². The molecule has 0 unspecified atom stereocenters. The summed E-state index contributed by atoms with van der Waals surface area (Å²) in [6.45, 7) is 0. The summed E-state index contributed by atoms with van der Waals surface area (Å²) in [5.74, 6) is -1.77. The third kappa shape index (κ3) is 4.84. The lowest BCUT2D eigenvalue weighted by molar-refractivity contribution is -0.120. The first-order valence-electron chi connectivity index (χ1n) is 9.33. The lowest BCUT2D eigenvalue weighted by Gasteiger charge is -2.15. The van der Waals surface area contributed by atoms with E-state index < -0.39 is 17.8 Å². The second-order valence-corrected chi connectivity index (χ2v) is 8.44. The maximum Gasteiger partial charge on any atom is 0.343 e. The minimum atomic E-state index is -0.675. The Morgan fingerprint density at radius 2 is 1.52 bits per heavy atom. The van der Waals surface area contributed by atoms with Crippen molar-refractivity contribution in [3.8, 4) is 5.75 Å². The Bertz CT molecular complexity index is 1320. The van der Waals surface area contributed by atoms with Crippen molar-refractivity contribution in [3.63, 3.8) is 0 Å². The molecular weight excluding hydrogens is 510 g/mol. The highest BCUT2D eigenvalue weighted by atomic mass is 35.5. The number of carbonyl (C=O) groups excluding carboxylic acids is 3. The van der Waals surface area contributed by atoms with Gasteiger partial charge in [-0.2, -0.15) is 0 Å². The molecular formula is C23H12Cl4N2O4. The van der Waals surface area contributed by atoms with Gasteiger partial charge in [0.15, 0.2) is 0 Å². The number of hydrogen-bond donors (Lipinski definition) is 1. The first-order valence-corrected chi connectivity index (χ1v) is 10.8. The number of nitrogens with one attached hydrogen (secondary N) is 1.